The standard InChI is InChI=1S/C16H16ClFN4O2S/c1-25-15-20-12(10-6-19-14(17)11(18)13(10)21-15)7-4-8-2-3-9(5-7)22(8)16(23)24/h6-9H,2-5H2,1H3,(H,23,24)/t7?,8-,9+. The first-order valence-corrected chi connectivity index (χ1v) is 9.66. The highest BCUT2D eigenvalue weighted by Gasteiger charge is 2.44. The number of aromatic nitrogens is 3. The molecular weight excluding hydrogens is 367 g/mol. The Balaban J connectivity index is 1.80. The Morgan fingerprint density at radius 3 is 2.64 bits per heavy atom. The molecule has 1 unspecified atom stereocenters. The number of thioether (sulfide) groups is 1. The number of rotatable bonds is 2. The molecule has 0 saturated carbocycles. The zero-order valence-corrected chi connectivity index (χ0v) is 15.0. The molecule has 132 valence electrons. The van der Waals surface area contributed by atoms with Gasteiger partial charge in [-0.2, -0.15) is 0 Å². The van der Waals surface area contributed by atoms with Gasteiger partial charge in [-0.05, 0) is 31.9 Å². The second-order valence-electron chi connectivity index (χ2n) is 6.46. The number of carbonyl (C=O) groups is 1. The van der Waals surface area contributed by atoms with Gasteiger partial charge < -0.3 is 10.0 Å². The summed E-state index contributed by atoms with van der Waals surface area (Å²) < 4.78 is 14.4. The molecule has 0 aromatic carbocycles. The molecule has 0 aliphatic carbocycles. The van der Waals surface area contributed by atoms with Crippen LogP contribution in [0.1, 0.15) is 37.3 Å². The molecular formula is C16H16ClFN4O2S. The van der Waals surface area contributed by atoms with Crippen molar-refractivity contribution in [3.63, 3.8) is 0 Å². The topological polar surface area (TPSA) is 79.2 Å². The maximum Gasteiger partial charge on any atom is 0.407 e. The monoisotopic (exact) mass is 382 g/mol. The highest BCUT2D eigenvalue weighted by Crippen LogP contribution is 2.44. The van der Waals surface area contributed by atoms with Gasteiger partial charge in [-0.15, -0.1) is 0 Å². The molecule has 0 spiro atoms. The Morgan fingerprint density at radius 1 is 1.36 bits per heavy atom. The number of piperidine rings is 1. The average Bonchev–Trinajstić information content (AvgIpc) is 2.88. The van der Waals surface area contributed by atoms with Crippen molar-refractivity contribution in [2.75, 3.05) is 6.26 Å². The van der Waals surface area contributed by atoms with Gasteiger partial charge in [0.05, 0.1) is 5.69 Å². The first-order valence-electron chi connectivity index (χ1n) is 8.06. The van der Waals surface area contributed by atoms with E-state index in [4.69, 9.17) is 11.6 Å². The maximum absolute atomic E-state index is 14.4. The van der Waals surface area contributed by atoms with Gasteiger partial charge in [0.2, 0.25) is 0 Å². The quantitative estimate of drug-likeness (QED) is 0.481. The Morgan fingerprint density at radius 2 is 2.04 bits per heavy atom. The van der Waals surface area contributed by atoms with Crippen LogP contribution >= 0.6 is 23.4 Å². The molecule has 2 aliphatic rings. The van der Waals surface area contributed by atoms with E-state index < -0.39 is 11.9 Å². The molecule has 2 saturated heterocycles. The summed E-state index contributed by atoms with van der Waals surface area (Å²) in [7, 11) is 0. The first kappa shape index (κ1) is 16.8. The molecule has 25 heavy (non-hydrogen) atoms. The van der Waals surface area contributed by atoms with Crippen LogP contribution in [0.25, 0.3) is 10.9 Å². The first-order chi connectivity index (χ1) is 12.0. The van der Waals surface area contributed by atoms with Gasteiger partial charge in [0.1, 0.15) is 5.52 Å². The van der Waals surface area contributed by atoms with E-state index in [1.165, 1.54) is 18.0 Å². The summed E-state index contributed by atoms with van der Waals surface area (Å²) in [6.07, 6.45) is 5.60. The fraction of sp³-hybridized carbons (Fsp3) is 0.500. The third-order valence-corrected chi connectivity index (χ3v) is 5.99. The fourth-order valence-electron chi connectivity index (χ4n) is 4.15. The molecule has 2 bridgehead atoms. The molecule has 0 radical (unpaired) electrons. The van der Waals surface area contributed by atoms with Gasteiger partial charge in [0.25, 0.3) is 0 Å². The smallest absolute Gasteiger partial charge is 0.407 e. The Labute approximate surface area is 152 Å². The van der Waals surface area contributed by atoms with Crippen molar-refractivity contribution >= 4 is 40.4 Å². The van der Waals surface area contributed by atoms with E-state index in [1.54, 1.807) is 4.90 Å². The Hall–Kier alpha value is -1.67. The van der Waals surface area contributed by atoms with Crippen molar-refractivity contribution < 1.29 is 14.3 Å². The van der Waals surface area contributed by atoms with Crippen molar-refractivity contribution in [2.24, 2.45) is 0 Å². The normalized spacial score (nSPS) is 25.6. The second-order valence-corrected chi connectivity index (χ2v) is 7.60. The number of hydrogen-bond acceptors (Lipinski definition) is 5. The number of fused-ring (bicyclic) bond motifs is 3. The van der Waals surface area contributed by atoms with Gasteiger partial charge in [-0.1, -0.05) is 23.4 Å². The van der Waals surface area contributed by atoms with Crippen LogP contribution < -0.4 is 0 Å². The van der Waals surface area contributed by atoms with E-state index in [9.17, 15) is 14.3 Å². The largest absolute Gasteiger partial charge is 0.465 e. The van der Waals surface area contributed by atoms with E-state index in [0.29, 0.717) is 23.4 Å². The zero-order chi connectivity index (χ0) is 17.7. The van der Waals surface area contributed by atoms with Crippen LogP contribution in [0, 0.1) is 5.82 Å². The number of hydrogen-bond donors (Lipinski definition) is 1. The molecule has 1 N–H and O–H groups in total. The summed E-state index contributed by atoms with van der Waals surface area (Å²) in [5, 5.41) is 10.3. The molecule has 1 amide bonds. The number of amides is 1. The summed E-state index contributed by atoms with van der Waals surface area (Å²) in [5.41, 5.74) is 0.932. The SMILES string of the molecule is CSc1nc(C2C[C@H]3CC[C@@H](C2)N3C(=O)O)c2cnc(Cl)c(F)c2n1. The lowest BCUT2D eigenvalue weighted by Crippen LogP contribution is -2.45. The van der Waals surface area contributed by atoms with Gasteiger partial charge >= 0.3 is 6.09 Å². The zero-order valence-electron chi connectivity index (χ0n) is 13.4. The summed E-state index contributed by atoms with van der Waals surface area (Å²) >= 11 is 7.15. The van der Waals surface area contributed by atoms with Crippen molar-refractivity contribution in [3.05, 3.63) is 22.9 Å². The summed E-state index contributed by atoms with van der Waals surface area (Å²) in [4.78, 5) is 25.8. The summed E-state index contributed by atoms with van der Waals surface area (Å²) in [6.45, 7) is 0. The minimum absolute atomic E-state index is 0.00546. The summed E-state index contributed by atoms with van der Waals surface area (Å²) in [5.74, 6) is -0.573. The van der Waals surface area contributed by atoms with Gasteiger partial charge in [0, 0.05) is 29.6 Å². The highest BCUT2D eigenvalue weighted by atomic mass is 35.5. The van der Waals surface area contributed by atoms with E-state index >= 15 is 0 Å². The van der Waals surface area contributed by atoms with Crippen LogP contribution in [0.5, 0.6) is 0 Å². The molecule has 2 fully saturated rings. The van der Waals surface area contributed by atoms with Gasteiger partial charge in [0.15, 0.2) is 16.1 Å². The van der Waals surface area contributed by atoms with Crippen LogP contribution in [-0.4, -0.2) is 49.4 Å². The number of halogens is 2. The van der Waals surface area contributed by atoms with Crippen LogP contribution in [0.3, 0.4) is 0 Å². The molecule has 6 nitrogen and oxygen atoms in total. The molecule has 2 aromatic heterocycles. The lowest BCUT2D eigenvalue weighted by Gasteiger charge is -2.37. The van der Waals surface area contributed by atoms with Crippen molar-refractivity contribution in [1.82, 2.24) is 19.9 Å². The number of carboxylic acid groups (broad SMARTS) is 1. The lowest BCUT2D eigenvalue weighted by atomic mass is 9.87. The van der Waals surface area contributed by atoms with Crippen molar-refractivity contribution in [3.8, 4) is 0 Å². The van der Waals surface area contributed by atoms with Crippen molar-refractivity contribution in [2.45, 2.75) is 48.8 Å². The molecule has 3 atom stereocenters. The average molecular weight is 383 g/mol. The van der Waals surface area contributed by atoms with Crippen LogP contribution in [0.4, 0.5) is 9.18 Å². The van der Waals surface area contributed by atoms with Crippen LogP contribution in [-0.2, 0) is 0 Å². The van der Waals surface area contributed by atoms with E-state index in [2.05, 4.69) is 15.0 Å². The molecule has 4 heterocycles. The minimum Gasteiger partial charge on any atom is -0.465 e. The van der Waals surface area contributed by atoms with Crippen molar-refractivity contribution in [1.29, 1.82) is 0 Å². The fourth-order valence-corrected chi connectivity index (χ4v) is 4.66. The molecule has 4 rings (SSSR count). The van der Waals surface area contributed by atoms with E-state index in [-0.39, 0.29) is 28.7 Å². The Kier molecular flexibility index (Phi) is 4.19. The van der Waals surface area contributed by atoms with Crippen LogP contribution in [0.15, 0.2) is 11.4 Å². The predicted molar refractivity (Wildman–Crippen MR) is 92.7 cm³/mol. The summed E-state index contributed by atoms with van der Waals surface area (Å²) in [6, 6.07) is -0.0109. The highest BCUT2D eigenvalue weighted by molar-refractivity contribution is 7.98. The van der Waals surface area contributed by atoms with E-state index in [1.807, 2.05) is 6.26 Å². The second kappa shape index (κ2) is 6.25. The molecule has 9 heteroatoms. The number of nitrogens with zero attached hydrogens (tertiary/aromatic N) is 4. The predicted octanol–water partition coefficient (Wildman–Crippen LogP) is 3.93. The molecule has 2 aromatic rings. The number of pyridine rings is 1. The minimum atomic E-state index is -0.859. The van der Waals surface area contributed by atoms with Gasteiger partial charge in [-0.25, -0.2) is 24.1 Å². The van der Waals surface area contributed by atoms with Crippen LogP contribution in [0.2, 0.25) is 5.15 Å². The third-order valence-electron chi connectivity index (χ3n) is 5.17. The van der Waals surface area contributed by atoms with E-state index in [0.717, 1.165) is 18.5 Å². The molecule has 2 aliphatic heterocycles. The third kappa shape index (κ3) is 2.71. The Bertz CT molecular complexity index is 854. The van der Waals surface area contributed by atoms with Gasteiger partial charge in [-0.3, -0.25) is 0 Å². The lowest BCUT2D eigenvalue weighted by molar-refractivity contribution is 0.0961. The maximum atomic E-state index is 14.4.